The number of rotatable bonds is 9. The maximum Gasteiger partial charge on any atom is 0.155 e. The number of piperidine rings is 1. The Morgan fingerprint density at radius 1 is 0.893 bits per heavy atom. The van der Waals surface area contributed by atoms with Crippen molar-refractivity contribution >= 4 is 15.5 Å². The fourth-order valence-electron chi connectivity index (χ4n) is 4.20. The molecule has 1 heterocycles. The van der Waals surface area contributed by atoms with Gasteiger partial charge in [0.05, 0.1) is 10.5 Å². The lowest BCUT2D eigenvalue weighted by molar-refractivity contribution is 0.357. The van der Waals surface area contributed by atoms with Crippen molar-refractivity contribution in [1.82, 2.24) is 0 Å². The van der Waals surface area contributed by atoms with Crippen molar-refractivity contribution in [1.29, 1.82) is 0 Å². The van der Waals surface area contributed by atoms with Crippen LogP contribution in [0.5, 0.6) is 0 Å². The zero-order valence-electron chi connectivity index (χ0n) is 18.7. The number of hydrogen-bond acceptors (Lipinski definition) is 3. The molecule has 1 aliphatic rings. The Balaban J connectivity index is 1.65. The second-order valence-electron chi connectivity index (χ2n) is 9.97. The predicted octanol–water partition coefficient (Wildman–Crippen LogP) is 5.88. The summed E-state index contributed by atoms with van der Waals surface area (Å²) in [5.74, 6) is 1.88. The number of anilines is 1. The molecule has 0 saturated carbocycles. The molecule has 160 valence electrons. The average Bonchev–Trinajstić information content (AvgIpc) is 2.59. The standard InChI is InChI=1S/C24H41NO2S/c1-20-17-21(2)19-25(18-20)23-14-12-22(13-15-23)11-9-7-6-8-10-16-28(26,27)24(3,4)5/h12-15,20-21H,6-11,16-19H2,1-5H3/t20-,21-/m1/s1. The van der Waals surface area contributed by atoms with Crippen molar-refractivity contribution < 1.29 is 8.42 Å². The molecule has 4 heteroatoms. The highest BCUT2D eigenvalue weighted by atomic mass is 32.2. The molecule has 1 saturated heterocycles. The van der Waals surface area contributed by atoms with Gasteiger partial charge in [-0.05, 0) is 76.0 Å². The molecule has 1 aliphatic heterocycles. The SMILES string of the molecule is C[C@@H]1C[C@@H](C)CN(c2ccc(CCCCCCCS(=O)(=O)C(C)(C)C)cc2)C1. The Kier molecular flexibility index (Phi) is 8.42. The van der Waals surface area contributed by atoms with E-state index >= 15 is 0 Å². The van der Waals surface area contributed by atoms with E-state index in [2.05, 4.69) is 43.0 Å². The fourth-order valence-corrected chi connectivity index (χ4v) is 5.40. The monoisotopic (exact) mass is 407 g/mol. The van der Waals surface area contributed by atoms with Gasteiger partial charge in [-0.1, -0.05) is 45.2 Å². The second-order valence-corrected chi connectivity index (χ2v) is 12.8. The van der Waals surface area contributed by atoms with Crippen LogP contribution in [0.4, 0.5) is 5.69 Å². The number of aryl methyl sites for hydroxylation is 1. The maximum absolute atomic E-state index is 12.1. The highest BCUT2D eigenvalue weighted by molar-refractivity contribution is 7.92. The number of benzene rings is 1. The lowest BCUT2D eigenvalue weighted by atomic mass is 9.91. The molecular formula is C24H41NO2S. The summed E-state index contributed by atoms with van der Waals surface area (Å²) in [5, 5.41) is 0. The van der Waals surface area contributed by atoms with Gasteiger partial charge in [0.25, 0.3) is 0 Å². The van der Waals surface area contributed by atoms with Crippen LogP contribution in [-0.4, -0.2) is 32.0 Å². The Bertz CT molecular complexity index is 678. The van der Waals surface area contributed by atoms with Crippen molar-refractivity contribution in [3.63, 3.8) is 0 Å². The van der Waals surface area contributed by atoms with E-state index < -0.39 is 14.6 Å². The van der Waals surface area contributed by atoms with E-state index in [0.29, 0.717) is 5.75 Å². The first-order valence-electron chi connectivity index (χ1n) is 11.1. The van der Waals surface area contributed by atoms with Crippen LogP contribution in [0.1, 0.15) is 78.7 Å². The first kappa shape index (κ1) is 23.3. The summed E-state index contributed by atoms with van der Waals surface area (Å²) in [6, 6.07) is 9.15. The zero-order valence-corrected chi connectivity index (χ0v) is 19.5. The van der Waals surface area contributed by atoms with E-state index in [9.17, 15) is 8.42 Å². The van der Waals surface area contributed by atoms with Gasteiger partial charge < -0.3 is 4.90 Å². The van der Waals surface area contributed by atoms with Gasteiger partial charge in [-0.25, -0.2) is 8.42 Å². The van der Waals surface area contributed by atoms with Gasteiger partial charge in [0.15, 0.2) is 9.84 Å². The van der Waals surface area contributed by atoms with Gasteiger partial charge in [-0.3, -0.25) is 0 Å². The third-order valence-electron chi connectivity index (χ3n) is 5.98. The lowest BCUT2D eigenvalue weighted by Gasteiger charge is -2.36. The predicted molar refractivity (Wildman–Crippen MR) is 122 cm³/mol. The summed E-state index contributed by atoms with van der Waals surface area (Å²) < 4.78 is 23.6. The molecule has 2 rings (SSSR count). The first-order chi connectivity index (χ1) is 13.1. The molecule has 0 aromatic heterocycles. The van der Waals surface area contributed by atoms with Crippen LogP contribution in [0.25, 0.3) is 0 Å². The van der Waals surface area contributed by atoms with Crippen molar-refractivity contribution in [2.24, 2.45) is 11.8 Å². The lowest BCUT2D eigenvalue weighted by Crippen LogP contribution is -2.38. The van der Waals surface area contributed by atoms with E-state index in [1.54, 1.807) is 20.8 Å². The summed E-state index contributed by atoms with van der Waals surface area (Å²) in [7, 11) is -2.96. The largest absolute Gasteiger partial charge is 0.371 e. The second kappa shape index (κ2) is 10.1. The fraction of sp³-hybridized carbons (Fsp3) is 0.750. The minimum absolute atomic E-state index is 0.325. The van der Waals surface area contributed by atoms with E-state index in [-0.39, 0.29) is 0 Å². The topological polar surface area (TPSA) is 37.4 Å². The van der Waals surface area contributed by atoms with E-state index in [1.807, 2.05) is 0 Å². The summed E-state index contributed by atoms with van der Waals surface area (Å²) in [6.07, 6.45) is 7.76. The van der Waals surface area contributed by atoms with E-state index in [1.165, 1.54) is 43.6 Å². The van der Waals surface area contributed by atoms with E-state index in [4.69, 9.17) is 0 Å². The summed E-state index contributed by atoms with van der Waals surface area (Å²) in [6.45, 7) is 12.4. The molecule has 0 bridgehead atoms. The third-order valence-corrected chi connectivity index (χ3v) is 8.67. The molecule has 0 radical (unpaired) electrons. The molecule has 0 N–H and O–H groups in total. The minimum Gasteiger partial charge on any atom is -0.371 e. The molecule has 1 aromatic rings. The Morgan fingerprint density at radius 3 is 2.00 bits per heavy atom. The number of sulfone groups is 1. The van der Waals surface area contributed by atoms with Crippen LogP contribution in [0.3, 0.4) is 0 Å². The highest BCUT2D eigenvalue weighted by Crippen LogP contribution is 2.26. The number of nitrogens with zero attached hydrogens (tertiary/aromatic N) is 1. The molecular weight excluding hydrogens is 366 g/mol. The van der Waals surface area contributed by atoms with Crippen molar-refractivity contribution in [3.8, 4) is 0 Å². The normalized spacial score (nSPS) is 21.1. The Hall–Kier alpha value is -1.03. The van der Waals surface area contributed by atoms with Crippen LogP contribution in [0, 0.1) is 11.8 Å². The number of unbranched alkanes of at least 4 members (excludes halogenated alkanes) is 4. The average molecular weight is 408 g/mol. The van der Waals surface area contributed by atoms with E-state index in [0.717, 1.165) is 37.5 Å². The summed E-state index contributed by atoms with van der Waals surface area (Å²) in [4.78, 5) is 2.54. The molecule has 3 nitrogen and oxygen atoms in total. The minimum atomic E-state index is -2.96. The Labute approximate surface area is 173 Å². The molecule has 0 spiro atoms. The van der Waals surface area contributed by atoms with Crippen molar-refractivity contribution in [2.75, 3.05) is 23.7 Å². The highest BCUT2D eigenvalue weighted by Gasteiger charge is 2.27. The molecule has 0 aliphatic carbocycles. The van der Waals surface area contributed by atoms with Gasteiger partial charge >= 0.3 is 0 Å². The molecule has 28 heavy (non-hydrogen) atoms. The van der Waals surface area contributed by atoms with Crippen molar-refractivity contribution in [2.45, 2.75) is 84.3 Å². The van der Waals surface area contributed by atoms with Gasteiger partial charge in [-0.15, -0.1) is 0 Å². The summed E-state index contributed by atoms with van der Waals surface area (Å²) in [5.41, 5.74) is 2.78. The molecule has 1 aromatic carbocycles. The zero-order chi connectivity index (χ0) is 20.8. The van der Waals surface area contributed by atoms with Crippen LogP contribution in [0.15, 0.2) is 24.3 Å². The van der Waals surface area contributed by atoms with Gasteiger partial charge in [0, 0.05) is 18.8 Å². The molecule has 1 fully saturated rings. The molecule has 0 unspecified atom stereocenters. The van der Waals surface area contributed by atoms with Gasteiger partial charge in [0.1, 0.15) is 0 Å². The summed E-state index contributed by atoms with van der Waals surface area (Å²) >= 11 is 0. The van der Waals surface area contributed by atoms with Gasteiger partial charge in [0.2, 0.25) is 0 Å². The van der Waals surface area contributed by atoms with Crippen LogP contribution in [0.2, 0.25) is 0 Å². The smallest absolute Gasteiger partial charge is 0.155 e. The van der Waals surface area contributed by atoms with Gasteiger partial charge in [-0.2, -0.15) is 0 Å². The van der Waals surface area contributed by atoms with Crippen LogP contribution in [-0.2, 0) is 16.3 Å². The maximum atomic E-state index is 12.1. The van der Waals surface area contributed by atoms with Crippen molar-refractivity contribution in [3.05, 3.63) is 29.8 Å². The first-order valence-corrected chi connectivity index (χ1v) is 12.8. The molecule has 0 amide bonds. The Morgan fingerprint density at radius 2 is 1.43 bits per heavy atom. The molecule has 2 atom stereocenters. The quantitative estimate of drug-likeness (QED) is 0.480. The van der Waals surface area contributed by atoms with Crippen LogP contribution >= 0.6 is 0 Å². The number of hydrogen-bond donors (Lipinski definition) is 0. The van der Waals surface area contributed by atoms with Crippen LogP contribution < -0.4 is 4.90 Å². The third kappa shape index (κ3) is 7.09.